The van der Waals surface area contributed by atoms with Crippen LogP contribution in [0.15, 0.2) is 21.5 Å². The molecule has 1 fully saturated rings. The predicted octanol–water partition coefficient (Wildman–Crippen LogP) is 1.73. The molecule has 1 aliphatic heterocycles. The molecule has 1 amide bonds. The first-order valence-electron chi connectivity index (χ1n) is 4.01. The van der Waals surface area contributed by atoms with Crippen molar-refractivity contribution >= 4 is 28.9 Å². The maximum absolute atomic E-state index is 11.2. The maximum Gasteiger partial charge on any atom is 0.264 e. The molecule has 1 aromatic heterocycles. The second-order valence-corrected chi connectivity index (χ2v) is 3.89. The third-order valence-electron chi connectivity index (χ3n) is 1.70. The van der Waals surface area contributed by atoms with Crippen LogP contribution in [-0.4, -0.2) is 11.1 Å². The van der Waals surface area contributed by atoms with Crippen molar-refractivity contribution in [3.05, 3.63) is 28.6 Å². The first kappa shape index (κ1) is 9.08. The molecule has 1 saturated heterocycles. The number of hydrogen-bond donors (Lipinski definition) is 2. The Hall–Kier alpha value is -1.49. The summed E-state index contributed by atoms with van der Waals surface area (Å²) in [4.78, 5) is 11.7. The van der Waals surface area contributed by atoms with Crippen LogP contribution >= 0.6 is 11.8 Å². The van der Waals surface area contributed by atoms with E-state index in [1.807, 2.05) is 13.0 Å². The number of carbonyl (C=O) groups excluding carboxylic acids is 1. The van der Waals surface area contributed by atoms with E-state index in [0.29, 0.717) is 10.7 Å². The molecule has 2 rings (SSSR count). The third-order valence-corrected chi connectivity index (χ3v) is 2.53. The van der Waals surface area contributed by atoms with E-state index in [9.17, 15) is 4.79 Å². The SMILES string of the molecule is Cc1ccc(/C=C2/SC(=N)NC2=O)o1. The number of aryl methyl sites for hydroxylation is 1. The first-order valence-corrected chi connectivity index (χ1v) is 4.83. The zero-order chi connectivity index (χ0) is 10.1. The van der Waals surface area contributed by atoms with Crippen molar-refractivity contribution in [1.82, 2.24) is 5.32 Å². The molecule has 4 nitrogen and oxygen atoms in total. The number of carbonyl (C=O) groups is 1. The van der Waals surface area contributed by atoms with Crippen LogP contribution in [0, 0.1) is 12.3 Å². The fourth-order valence-corrected chi connectivity index (χ4v) is 1.78. The molecule has 0 radical (unpaired) electrons. The van der Waals surface area contributed by atoms with Crippen LogP contribution in [0.2, 0.25) is 0 Å². The predicted molar refractivity (Wildman–Crippen MR) is 54.9 cm³/mol. The van der Waals surface area contributed by atoms with Gasteiger partial charge in [-0.05, 0) is 30.8 Å². The van der Waals surface area contributed by atoms with Gasteiger partial charge in [-0.2, -0.15) is 0 Å². The molecule has 1 aliphatic rings. The second kappa shape index (κ2) is 3.34. The summed E-state index contributed by atoms with van der Waals surface area (Å²) in [6.45, 7) is 1.84. The van der Waals surface area contributed by atoms with Gasteiger partial charge in [-0.3, -0.25) is 10.2 Å². The third kappa shape index (κ3) is 1.72. The van der Waals surface area contributed by atoms with Crippen molar-refractivity contribution in [1.29, 1.82) is 5.41 Å². The van der Waals surface area contributed by atoms with E-state index in [0.717, 1.165) is 17.5 Å². The average Bonchev–Trinajstić information content (AvgIpc) is 2.61. The monoisotopic (exact) mass is 208 g/mol. The summed E-state index contributed by atoms with van der Waals surface area (Å²) >= 11 is 1.10. The maximum atomic E-state index is 11.2. The van der Waals surface area contributed by atoms with Crippen molar-refractivity contribution in [2.45, 2.75) is 6.92 Å². The Kier molecular flexibility index (Phi) is 2.17. The van der Waals surface area contributed by atoms with Gasteiger partial charge < -0.3 is 9.73 Å². The van der Waals surface area contributed by atoms with E-state index in [1.165, 1.54) is 0 Å². The zero-order valence-electron chi connectivity index (χ0n) is 7.46. The quantitative estimate of drug-likeness (QED) is 0.691. The number of amides is 1. The lowest BCUT2D eigenvalue weighted by atomic mass is 10.4. The van der Waals surface area contributed by atoms with Crippen LogP contribution in [0.25, 0.3) is 6.08 Å². The summed E-state index contributed by atoms with van der Waals surface area (Å²) in [5, 5.41) is 9.79. The van der Waals surface area contributed by atoms with Gasteiger partial charge in [-0.15, -0.1) is 0 Å². The Balaban J connectivity index is 2.27. The van der Waals surface area contributed by atoms with Crippen molar-refractivity contribution in [3.8, 4) is 0 Å². The van der Waals surface area contributed by atoms with Crippen LogP contribution in [-0.2, 0) is 4.79 Å². The topological polar surface area (TPSA) is 66.1 Å². The van der Waals surface area contributed by atoms with Gasteiger partial charge in [0, 0.05) is 6.08 Å². The fourth-order valence-electron chi connectivity index (χ4n) is 1.10. The molecule has 0 saturated carbocycles. The number of hydrogen-bond acceptors (Lipinski definition) is 4. The fraction of sp³-hybridized carbons (Fsp3) is 0.111. The molecule has 2 heterocycles. The highest BCUT2D eigenvalue weighted by atomic mass is 32.2. The lowest BCUT2D eigenvalue weighted by Crippen LogP contribution is -2.18. The minimum Gasteiger partial charge on any atom is -0.462 e. The summed E-state index contributed by atoms with van der Waals surface area (Å²) in [7, 11) is 0. The highest BCUT2D eigenvalue weighted by Gasteiger charge is 2.22. The molecule has 0 aromatic carbocycles. The van der Waals surface area contributed by atoms with Gasteiger partial charge >= 0.3 is 0 Å². The molecular formula is C9H8N2O2S. The molecule has 0 atom stereocenters. The summed E-state index contributed by atoms with van der Waals surface area (Å²) in [6, 6.07) is 3.62. The number of thioether (sulfide) groups is 1. The van der Waals surface area contributed by atoms with Crippen molar-refractivity contribution < 1.29 is 9.21 Å². The Bertz CT molecular complexity index is 434. The van der Waals surface area contributed by atoms with Crippen LogP contribution in [0.3, 0.4) is 0 Å². The van der Waals surface area contributed by atoms with Gasteiger partial charge in [0.2, 0.25) is 0 Å². The number of amidine groups is 1. The zero-order valence-corrected chi connectivity index (χ0v) is 8.27. The van der Waals surface area contributed by atoms with Crippen molar-refractivity contribution in [2.75, 3.05) is 0 Å². The molecule has 0 spiro atoms. The van der Waals surface area contributed by atoms with Gasteiger partial charge in [0.05, 0.1) is 4.91 Å². The largest absolute Gasteiger partial charge is 0.462 e. The van der Waals surface area contributed by atoms with Crippen LogP contribution in [0.4, 0.5) is 0 Å². The highest BCUT2D eigenvalue weighted by Crippen LogP contribution is 2.25. The van der Waals surface area contributed by atoms with Crippen LogP contribution < -0.4 is 5.32 Å². The number of rotatable bonds is 1. The van der Waals surface area contributed by atoms with E-state index in [1.54, 1.807) is 12.1 Å². The van der Waals surface area contributed by atoms with Gasteiger partial charge in [-0.25, -0.2) is 0 Å². The lowest BCUT2D eigenvalue weighted by molar-refractivity contribution is -0.115. The standard InChI is InChI=1S/C9H8N2O2S/c1-5-2-3-6(13-5)4-7-8(12)11-9(10)14-7/h2-4H,1H3,(H2,10,11,12)/b7-4+. The van der Waals surface area contributed by atoms with E-state index in [-0.39, 0.29) is 11.1 Å². The average molecular weight is 208 g/mol. The van der Waals surface area contributed by atoms with E-state index < -0.39 is 0 Å². The van der Waals surface area contributed by atoms with Gasteiger partial charge in [-0.1, -0.05) is 0 Å². The lowest BCUT2D eigenvalue weighted by Gasteiger charge is -1.88. The Morgan fingerprint density at radius 3 is 2.86 bits per heavy atom. The van der Waals surface area contributed by atoms with Crippen molar-refractivity contribution in [2.24, 2.45) is 0 Å². The van der Waals surface area contributed by atoms with Gasteiger partial charge in [0.25, 0.3) is 5.91 Å². The molecule has 0 aliphatic carbocycles. The number of furan rings is 1. The molecule has 14 heavy (non-hydrogen) atoms. The molecule has 0 bridgehead atoms. The van der Waals surface area contributed by atoms with Gasteiger partial charge in [0.15, 0.2) is 5.17 Å². The van der Waals surface area contributed by atoms with Crippen molar-refractivity contribution in [3.63, 3.8) is 0 Å². The second-order valence-electron chi connectivity index (χ2n) is 2.84. The molecule has 0 unspecified atom stereocenters. The summed E-state index contributed by atoms with van der Waals surface area (Å²) in [6.07, 6.45) is 1.63. The van der Waals surface area contributed by atoms with Gasteiger partial charge in [0.1, 0.15) is 11.5 Å². The smallest absolute Gasteiger partial charge is 0.264 e. The Morgan fingerprint density at radius 1 is 1.57 bits per heavy atom. The summed E-state index contributed by atoms with van der Waals surface area (Å²) < 4.78 is 5.29. The summed E-state index contributed by atoms with van der Waals surface area (Å²) in [5.41, 5.74) is 0. The van der Waals surface area contributed by atoms with E-state index in [4.69, 9.17) is 9.83 Å². The van der Waals surface area contributed by atoms with Crippen LogP contribution in [0.1, 0.15) is 11.5 Å². The first-order chi connectivity index (χ1) is 6.65. The minimum absolute atomic E-state index is 0.157. The molecular weight excluding hydrogens is 200 g/mol. The minimum atomic E-state index is -0.242. The van der Waals surface area contributed by atoms with Crippen LogP contribution in [0.5, 0.6) is 0 Å². The summed E-state index contributed by atoms with van der Waals surface area (Å²) in [5.74, 6) is 1.19. The van der Waals surface area contributed by atoms with E-state index >= 15 is 0 Å². The normalized spacial score (nSPS) is 19.1. The molecule has 2 N–H and O–H groups in total. The Labute approximate surface area is 84.9 Å². The van der Waals surface area contributed by atoms with E-state index in [2.05, 4.69) is 5.32 Å². The highest BCUT2D eigenvalue weighted by molar-refractivity contribution is 8.18. The molecule has 1 aromatic rings. The molecule has 5 heteroatoms. The number of nitrogens with one attached hydrogen (secondary N) is 2. The Morgan fingerprint density at radius 2 is 2.36 bits per heavy atom. The molecule has 72 valence electrons.